The number of ether oxygens (including phenoxy) is 1. The van der Waals surface area contributed by atoms with Crippen molar-refractivity contribution in [2.24, 2.45) is 0 Å². The van der Waals surface area contributed by atoms with Crippen LogP contribution in [0, 0.1) is 0 Å². The van der Waals surface area contributed by atoms with Crippen LogP contribution >= 0.6 is 0 Å². The number of nitrogens with zero attached hydrogens (tertiary/aromatic N) is 2. The van der Waals surface area contributed by atoms with Crippen LogP contribution in [0.4, 0.5) is 0 Å². The largest absolute Gasteiger partial charge is 0.381 e. The van der Waals surface area contributed by atoms with E-state index < -0.39 is 0 Å². The Bertz CT molecular complexity index is 266. The second kappa shape index (κ2) is 3.87. The molecule has 0 atom stereocenters. The van der Waals surface area contributed by atoms with E-state index in [1.54, 1.807) is 0 Å². The molecule has 2 rings (SSSR count). The van der Waals surface area contributed by atoms with Gasteiger partial charge >= 0.3 is 0 Å². The summed E-state index contributed by atoms with van der Waals surface area (Å²) < 4.78 is 5.29. The minimum absolute atomic E-state index is 0.505. The summed E-state index contributed by atoms with van der Waals surface area (Å²) in [6.45, 7) is 3.77. The zero-order valence-electron chi connectivity index (χ0n) is 7.92. The van der Waals surface area contributed by atoms with E-state index in [4.69, 9.17) is 4.74 Å². The SMILES string of the molecule is CCc1nc(C2CCOCC2)n[nH]1. The molecule has 0 saturated carbocycles. The van der Waals surface area contributed by atoms with Crippen LogP contribution in [0.5, 0.6) is 0 Å². The Kier molecular flexibility index (Phi) is 2.59. The lowest BCUT2D eigenvalue weighted by Gasteiger charge is -2.18. The highest BCUT2D eigenvalue weighted by molar-refractivity contribution is 4.98. The van der Waals surface area contributed by atoms with Gasteiger partial charge in [0, 0.05) is 25.6 Å². The fourth-order valence-corrected chi connectivity index (χ4v) is 1.61. The highest BCUT2D eigenvalue weighted by Gasteiger charge is 2.19. The number of hydrogen-bond acceptors (Lipinski definition) is 3. The number of nitrogens with one attached hydrogen (secondary N) is 1. The predicted molar refractivity (Wildman–Crippen MR) is 48.6 cm³/mol. The third-order valence-corrected chi connectivity index (χ3v) is 2.47. The van der Waals surface area contributed by atoms with Gasteiger partial charge in [-0.15, -0.1) is 0 Å². The lowest BCUT2D eigenvalue weighted by Crippen LogP contribution is -2.15. The summed E-state index contributed by atoms with van der Waals surface area (Å²) in [4.78, 5) is 4.43. The smallest absolute Gasteiger partial charge is 0.153 e. The molecule has 1 saturated heterocycles. The van der Waals surface area contributed by atoms with E-state index in [0.29, 0.717) is 5.92 Å². The summed E-state index contributed by atoms with van der Waals surface area (Å²) in [5, 5.41) is 7.17. The first-order chi connectivity index (χ1) is 6.40. The van der Waals surface area contributed by atoms with Crippen LogP contribution in [0.15, 0.2) is 0 Å². The van der Waals surface area contributed by atoms with Gasteiger partial charge in [-0.25, -0.2) is 4.98 Å². The van der Waals surface area contributed by atoms with Gasteiger partial charge in [0.1, 0.15) is 5.82 Å². The first kappa shape index (κ1) is 8.69. The number of aryl methyl sites for hydroxylation is 1. The number of aromatic nitrogens is 3. The van der Waals surface area contributed by atoms with Gasteiger partial charge in [-0.2, -0.15) is 5.10 Å². The Balaban J connectivity index is 2.05. The maximum absolute atomic E-state index is 5.29. The second-order valence-electron chi connectivity index (χ2n) is 3.38. The quantitative estimate of drug-likeness (QED) is 0.747. The number of aromatic amines is 1. The Hall–Kier alpha value is -0.900. The second-order valence-corrected chi connectivity index (χ2v) is 3.38. The van der Waals surface area contributed by atoms with E-state index in [1.807, 2.05) is 0 Å². The van der Waals surface area contributed by atoms with Crippen LogP contribution in [-0.4, -0.2) is 28.4 Å². The molecule has 0 spiro atoms. The van der Waals surface area contributed by atoms with Gasteiger partial charge in [0.05, 0.1) is 0 Å². The molecule has 0 bridgehead atoms. The molecule has 0 aromatic carbocycles. The van der Waals surface area contributed by atoms with Crippen molar-refractivity contribution in [2.45, 2.75) is 32.1 Å². The summed E-state index contributed by atoms with van der Waals surface area (Å²) in [5.74, 6) is 2.46. The third-order valence-electron chi connectivity index (χ3n) is 2.47. The summed E-state index contributed by atoms with van der Waals surface area (Å²) >= 11 is 0. The molecular formula is C9H15N3O. The van der Waals surface area contributed by atoms with Gasteiger partial charge in [0.25, 0.3) is 0 Å². The molecule has 2 heterocycles. The van der Waals surface area contributed by atoms with Gasteiger partial charge in [0.15, 0.2) is 5.82 Å². The molecule has 1 N–H and O–H groups in total. The van der Waals surface area contributed by atoms with Crippen LogP contribution < -0.4 is 0 Å². The average molecular weight is 181 g/mol. The van der Waals surface area contributed by atoms with Gasteiger partial charge < -0.3 is 4.74 Å². The van der Waals surface area contributed by atoms with E-state index in [1.165, 1.54) is 0 Å². The zero-order chi connectivity index (χ0) is 9.10. The van der Waals surface area contributed by atoms with E-state index >= 15 is 0 Å². The molecule has 1 aromatic heterocycles. The highest BCUT2D eigenvalue weighted by atomic mass is 16.5. The van der Waals surface area contributed by atoms with Gasteiger partial charge in [-0.3, -0.25) is 5.10 Å². The van der Waals surface area contributed by atoms with Crippen LogP contribution in [-0.2, 0) is 11.2 Å². The van der Waals surface area contributed by atoms with Crippen molar-refractivity contribution in [3.05, 3.63) is 11.6 Å². The van der Waals surface area contributed by atoms with Crippen molar-refractivity contribution in [3.63, 3.8) is 0 Å². The minimum atomic E-state index is 0.505. The van der Waals surface area contributed by atoms with Gasteiger partial charge in [-0.05, 0) is 12.8 Å². The summed E-state index contributed by atoms with van der Waals surface area (Å²) in [5.41, 5.74) is 0. The number of H-pyrrole nitrogens is 1. The molecule has 13 heavy (non-hydrogen) atoms. The van der Waals surface area contributed by atoms with Crippen molar-refractivity contribution >= 4 is 0 Å². The maximum atomic E-state index is 5.29. The standard InChI is InChI=1S/C9H15N3O/c1-2-8-10-9(12-11-8)7-3-5-13-6-4-7/h7H,2-6H2,1H3,(H,10,11,12). The fraction of sp³-hybridized carbons (Fsp3) is 0.778. The van der Waals surface area contributed by atoms with Crippen molar-refractivity contribution in [2.75, 3.05) is 13.2 Å². The van der Waals surface area contributed by atoms with Crippen molar-refractivity contribution in [3.8, 4) is 0 Å². The molecule has 4 nitrogen and oxygen atoms in total. The molecule has 0 unspecified atom stereocenters. The van der Waals surface area contributed by atoms with Crippen molar-refractivity contribution in [1.82, 2.24) is 15.2 Å². The summed E-state index contributed by atoms with van der Waals surface area (Å²) in [6.07, 6.45) is 3.04. The van der Waals surface area contributed by atoms with Crippen molar-refractivity contribution < 1.29 is 4.74 Å². The molecule has 1 fully saturated rings. The Morgan fingerprint density at radius 2 is 2.23 bits per heavy atom. The van der Waals surface area contributed by atoms with E-state index in [0.717, 1.165) is 44.1 Å². The molecule has 4 heteroatoms. The van der Waals surface area contributed by atoms with Crippen LogP contribution in [0.2, 0.25) is 0 Å². The minimum Gasteiger partial charge on any atom is -0.381 e. The first-order valence-electron chi connectivity index (χ1n) is 4.89. The lowest BCUT2D eigenvalue weighted by molar-refractivity contribution is 0.0836. The topological polar surface area (TPSA) is 50.8 Å². The number of rotatable bonds is 2. The summed E-state index contributed by atoms with van der Waals surface area (Å²) in [7, 11) is 0. The third kappa shape index (κ3) is 1.88. The van der Waals surface area contributed by atoms with E-state index in [-0.39, 0.29) is 0 Å². The Morgan fingerprint density at radius 1 is 1.46 bits per heavy atom. The Labute approximate surface area is 77.7 Å². The molecule has 1 aliphatic rings. The Morgan fingerprint density at radius 3 is 2.85 bits per heavy atom. The monoisotopic (exact) mass is 181 g/mol. The van der Waals surface area contributed by atoms with E-state index in [9.17, 15) is 0 Å². The zero-order valence-corrected chi connectivity index (χ0v) is 7.92. The normalized spacial score (nSPS) is 19.2. The molecule has 0 amide bonds. The molecule has 1 aromatic rings. The molecule has 1 aliphatic heterocycles. The average Bonchev–Trinajstić information content (AvgIpc) is 2.67. The molecule has 0 radical (unpaired) electrons. The highest BCUT2D eigenvalue weighted by Crippen LogP contribution is 2.23. The molecule has 72 valence electrons. The summed E-state index contributed by atoms with van der Waals surface area (Å²) in [6, 6.07) is 0. The van der Waals surface area contributed by atoms with Crippen LogP contribution in [0.1, 0.15) is 37.3 Å². The predicted octanol–water partition coefficient (Wildman–Crippen LogP) is 1.26. The van der Waals surface area contributed by atoms with Gasteiger partial charge in [-0.1, -0.05) is 6.92 Å². The lowest BCUT2D eigenvalue weighted by atomic mass is 10.00. The first-order valence-corrected chi connectivity index (χ1v) is 4.89. The molecular weight excluding hydrogens is 166 g/mol. The van der Waals surface area contributed by atoms with Gasteiger partial charge in [0.2, 0.25) is 0 Å². The van der Waals surface area contributed by atoms with Crippen LogP contribution in [0.3, 0.4) is 0 Å². The maximum Gasteiger partial charge on any atom is 0.153 e. The van der Waals surface area contributed by atoms with Crippen molar-refractivity contribution in [1.29, 1.82) is 0 Å². The van der Waals surface area contributed by atoms with E-state index in [2.05, 4.69) is 22.1 Å². The van der Waals surface area contributed by atoms with Crippen LogP contribution in [0.25, 0.3) is 0 Å². The fourth-order valence-electron chi connectivity index (χ4n) is 1.61. The molecule has 0 aliphatic carbocycles. The number of hydrogen-bond donors (Lipinski definition) is 1.